The van der Waals surface area contributed by atoms with Crippen molar-refractivity contribution in [3.63, 3.8) is 0 Å². The van der Waals surface area contributed by atoms with Crippen molar-refractivity contribution in [1.82, 2.24) is 0 Å². The number of aryl methyl sites for hydroxylation is 1. The third-order valence-corrected chi connectivity index (χ3v) is 5.27. The summed E-state index contributed by atoms with van der Waals surface area (Å²) in [6.07, 6.45) is 2.12. The van der Waals surface area contributed by atoms with Crippen molar-refractivity contribution in [2.24, 2.45) is 0 Å². The Morgan fingerprint density at radius 2 is 2.15 bits per heavy atom. The second-order valence-corrected chi connectivity index (χ2v) is 6.02. The summed E-state index contributed by atoms with van der Waals surface area (Å²) in [6, 6.07) is 6.47. The van der Waals surface area contributed by atoms with Crippen molar-refractivity contribution in [3.8, 4) is 0 Å². The molecular weight excluding hydrogens is 264 g/mol. The lowest BCUT2D eigenvalue weighted by Gasteiger charge is -1.95. The Kier molecular flexibility index (Phi) is 2.67. The minimum atomic E-state index is 1.25. The van der Waals surface area contributed by atoms with Gasteiger partial charge < -0.3 is 0 Å². The first-order valence-corrected chi connectivity index (χ1v) is 6.79. The number of rotatable bonds is 1. The van der Waals surface area contributed by atoms with Crippen LogP contribution in [0.5, 0.6) is 0 Å². The molecule has 68 valence electrons. The molecule has 1 aromatic carbocycles. The van der Waals surface area contributed by atoms with Crippen LogP contribution in [0, 0.1) is 6.92 Å². The van der Waals surface area contributed by atoms with Crippen LogP contribution in [0.3, 0.4) is 0 Å². The first-order chi connectivity index (χ1) is 6.24. The van der Waals surface area contributed by atoms with Crippen LogP contribution in [0.25, 0.3) is 10.1 Å². The number of hydrogen-bond donors (Lipinski definition) is 0. The Hall–Kier alpha value is 0.01000. The second-order valence-electron chi connectivity index (χ2n) is 2.86. The standard InChI is InChI=1S/C10H9BrS2/c1-6-4-3-5-7-8(6)13-10(11)9(7)12-2/h3-5H,1-2H3. The summed E-state index contributed by atoms with van der Waals surface area (Å²) in [6.45, 7) is 2.16. The minimum Gasteiger partial charge on any atom is -0.127 e. The first kappa shape index (κ1) is 9.56. The van der Waals surface area contributed by atoms with Crippen molar-refractivity contribution >= 4 is 49.1 Å². The van der Waals surface area contributed by atoms with Gasteiger partial charge in [0, 0.05) is 15.0 Å². The van der Waals surface area contributed by atoms with E-state index in [-0.39, 0.29) is 0 Å². The van der Waals surface area contributed by atoms with Crippen molar-refractivity contribution in [2.75, 3.05) is 6.26 Å². The van der Waals surface area contributed by atoms with Gasteiger partial charge in [0.15, 0.2) is 0 Å². The number of hydrogen-bond acceptors (Lipinski definition) is 2. The predicted octanol–water partition coefficient (Wildman–Crippen LogP) is 4.69. The van der Waals surface area contributed by atoms with E-state index in [1.165, 1.54) is 24.3 Å². The molecule has 0 atom stereocenters. The maximum atomic E-state index is 3.60. The lowest BCUT2D eigenvalue weighted by molar-refractivity contribution is 1.54. The highest BCUT2D eigenvalue weighted by molar-refractivity contribution is 9.11. The minimum absolute atomic E-state index is 1.25. The molecule has 13 heavy (non-hydrogen) atoms. The largest absolute Gasteiger partial charge is 0.127 e. The molecule has 2 rings (SSSR count). The molecule has 1 heterocycles. The zero-order valence-electron chi connectivity index (χ0n) is 7.43. The predicted molar refractivity (Wildman–Crippen MR) is 66.0 cm³/mol. The summed E-state index contributed by atoms with van der Waals surface area (Å²) in [5.74, 6) is 0. The van der Waals surface area contributed by atoms with E-state index in [1.807, 2.05) is 11.3 Å². The summed E-state index contributed by atoms with van der Waals surface area (Å²) < 4.78 is 2.66. The molecule has 0 amide bonds. The van der Waals surface area contributed by atoms with Gasteiger partial charge in [-0.25, -0.2) is 0 Å². The molecule has 0 spiro atoms. The van der Waals surface area contributed by atoms with E-state index in [1.54, 1.807) is 11.8 Å². The van der Waals surface area contributed by atoms with Crippen LogP contribution < -0.4 is 0 Å². The zero-order chi connectivity index (χ0) is 9.42. The lowest BCUT2D eigenvalue weighted by atomic mass is 10.2. The number of thiophene rings is 1. The summed E-state index contributed by atoms with van der Waals surface area (Å²) in [4.78, 5) is 1.36. The fourth-order valence-corrected chi connectivity index (χ4v) is 4.46. The van der Waals surface area contributed by atoms with E-state index in [9.17, 15) is 0 Å². The number of halogens is 1. The summed E-state index contributed by atoms with van der Waals surface area (Å²) >= 11 is 7.23. The molecule has 0 radical (unpaired) electrons. The van der Waals surface area contributed by atoms with Gasteiger partial charge in [0.25, 0.3) is 0 Å². The molecule has 0 N–H and O–H groups in total. The Bertz CT molecular complexity index is 445. The Morgan fingerprint density at radius 3 is 2.85 bits per heavy atom. The maximum Gasteiger partial charge on any atom is 0.0846 e. The van der Waals surface area contributed by atoms with Gasteiger partial charge in [-0.2, -0.15) is 0 Å². The fourth-order valence-electron chi connectivity index (χ4n) is 1.40. The van der Waals surface area contributed by atoms with Crippen LogP contribution in [0.15, 0.2) is 26.9 Å². The monoisotopic (exact) mass is 272 g/mol. The van der Waals surface area contributed by atoms with Gasteiger partial charge in [-0.3, -0.25) is 0 Å². The molecule has 0 unspecified atom stereocenters. The van der Waals surface area contributed by atoms with Crippen LogP contribution in [-0.2, 0) is 0 Å². The molecule has 2 aromatic rings. The molecule has 0 aliphatic rings. The Morgan fingerprint density at radius 1 is 1.38 bits per heavy atom. The molecule has 0 bridgehead atoms. The van der Waals surface area contributed by atoms with E-state index in [4.69, 9.17) is 0 Å². The fraction of sp³-hybridized carbons (Fsp3) is 0.200. The van der Waals surface area contributed by atoms with Gasteiger partial charge in [-0.05, 0) is 34.7 Å². The highest BCUT2D eigenvalue weighted by atomic mass is 79.9. The zero-order valence-corrected chi connectivity index (χ0v) is 10.6. The van der Waals surface area contributed by atoms with Gasteiger partial charge in [0.05, 0.1) is 3.79 Å². The maximum absolute atomic E-state index is 3.60. The molecule has 0 aliphatic carbocycles. The molecule has 0 fully saturated rings. The first-order valence-electron chi connectivity index (χ1n) is 3.95. The quantitative estimate of drug-likeness (QED) is 0.679. The number of thioether (sulfide) groups is 1. The number of benzene rings is 1. The van der Waals surface area contributed by atoms with Gasteiger partial charge >= 0.3 is 0 Å². The molecule has 1 aromatic heterocycles. The molecular formula is C10H9BrS2. The van der Waals surface area contributed by atoms with E-state index >= 15 is 0 Å². The molecule has 0 saturated heterocycles. The van der Waals surface area contributed by atoms with Crippen LogP contribution >= 0.6 is 39.0 Å². The van der Waals surface area contributed by atoms with Crippen LogP contribution in [-0.4, -0.2) is 6.26 Å². The topological polar surface area (TPSA) is 0 Å². The average Bonchev–Trinajstić information content (AvgIpc) is 2.43. The third kappa shape index (κ3) is 1.53. The average molecular weight is 273 g/mol. The molecule has 0 nitrogen and oxygen atoms in total. The van der Waals surface area contributed by atoms with Gasteiger partial charge in [0.2, 0.25) is 0 Å². The Balaban J connectivity index is 2.86. The highest BCUT2D eigenvalue weighted by Gasteiger charge is 2.09. The van der Waals surface area contributed by atoms with E-state index in [0.717, 1.165) is 0 Å². The van der Waals surface area contributed by atoms with E-state index < -0.39 is 0 Å². The lowest BCUT2D eigenvalue weighted by Crippen LogP contribution is -1.71. The smallest absolute Gasteiger partial charge is 0.0846 e. The summed E-state index contributed by atoms with van der Waals surface area (Å²) in [5, 5.41) is 1.38. The van der Waals surface area contributed by atoms with E-state index in [2.05, 4.69) is 47.3 Å². The van der Waals surface area contributed by atoms with Crippen LogP contribution in [0.4, 0.5) is 0 Å². The summed E-state index contributed by atoms with van der Waals surface area (Å²) in [5.41, 5.74) is 1.36. The van der Waals surface area contributed by atoms with Gasteiger partial charge in [-0.1, -0.05) is 18.2 Å². The van der Waals surface area contributed by atoms with Crippen molar-refractivity contribution in [3.05, 3.63) is 27.5 Å². The summed E-state index contributed by atoms with van der Waals surface area (Å²) in [7, 11) is 0. The third-order valence-electron chi connectivity index (χ3n) is 2.03. The Labute approximate surface area is 94.5 Å². The normalized spacial score (nSPS) is 11.0. The second kappa shape index (κ2) is 3.64. The van der Waals surface area contributed by atoms with Crippen molar-refractivity contribution in [1.29, 1.82) is 0 Å². The van der Waals surface area contributed by atoms with Crippen molar-refractivity contribution < 1.29 is 0 Å². The highest BCUT2D eigenvalue weighted by Crippen LogP contribution is 2.41. The number of fused-ring (bicyclic) bond motifs is 1. The van der Waals surface area contributed by atoms with E-state index in [0.29, 0.717) is 0 Å². The van der Waals surface area contributed by atoms with Crippen LogP contribution in [0.2, 0.25) is 0 Å². The molecule has 0 saturated carbocycles. The van der Waals surface area contributed by atoms with Crippen molar-refractivity contribution in [2.45, 2.75) is 11.8 Å². The molecule has 3 heteroatoms. The van der Waals surface area contributed by atoms with Gasteiger partial charge in [0.1, 0.15) is 0 Å². The van der Waals surface area contributed by atoms with Gasteiger partial charge in [-0.15, -0.1) is 23.1 Å². The van der Waals surface area contributed by atoms with Crippen LogP contribution in [0.1, 0.15) is 5.56 Å². The SMILES string of the molecule is CSc1c(Br)sc2c(C)cccc12. The molecule has 0 aliphatic heterocycles.